The topological polar surface area (TPSA) is 54.9 Å². The summed E-state index contributed by atoms with van der Waals surface area (Å²) in [5.41, 5.74) is -0.201. The average Bonchev–Trinajstić information content (AvgIpc) is 2.33. The van der Waals surface area contributed by atoms with E-state index >= 15 is 0 Å². The monoisotopic (exact) mass is 346 g/mol. The van der Waals surface area contributed by atoms with Gasteiger partial charge in [0.05, 0.1) is 15.7 Å². The first-order chi connectivity index (χ1) is 8.82. The molecule has 2 aromatic rings. The second-order valence-corrected chi connectivity index (χ2v) is 5.29. The lowest BCUT2D eigenvalue weighted by atomic mass is 10.2. The molecule has 1 aromatic heterocycles. The second kappa shape index (κ2) is 4.94. The number of benzene rings is 1. The van der Waals surface area contributed by atoms with Crippen LogP contribution in [0.25, 0.3) is 5.69 Å². The molecule has 7 heteroatoms. The summed E-state index contributed by atoms with van der Waals surface area (Å²) in [5, 5.41) is 0.00470. The Balaban J connectivity index is 2.88. The number of halogens is 3. The van der Waals surface area contributed by atoms with Crippen LogP contribution in [0.5, 0.6) is 0 Å². The highest BCUT2D eigenvalue weighted by molar-refractivity contribution is 9.10. The van der Waals surface area contributed by atoms with Crippen LogP contribution < -0.4 is 11.2 Å². The number of aromatic amines is 1. The highest BCUT2D eigenvalue weighted by atomic mass is 79.9. The predicted molar refractivity (Wildman–Crippen MR) is 74.8 cm³/mol. The number of hydrogen-bond donors (Lipinski definition) is 1. The minimum absolute atomic E-state index is 0.00470. The van der Waals surface area contributed by atoms with Crippen LogP contribution >= 0.6 is 27.5 Å². The summed E-state index contributed by atoms with van der Waals surface area (Å²) in [6.07, 6.45) is 0. The lowest BCUT2D eigenvalue weighted by Crippen LogP contribution is -2.35. The molecule has 4 nitrogen and oxygen atoms in total. The Morgan fingerprint density at radius 1 is 1.32 bits per heavy atom. The Bertz CT molecular complexity index is 783. The van der Waals surface area contributed by atoms with E-state index in [0.717, 1.165) is 4.57 Å². The Kier molecular flexibility index (Phi) is 3.64. The van der Waals surface area contributed by atoms with Crippen LogP contribution in [0, 0.1) is 19.7 Å². The zero-order valence-electron chi connectivity index (χ0n) is 10.1. The van der Waals surface area contributed by atoms with Crippen molar-refractivity contribution in [1.82, 2.24) is 9.55 Å². The smallest absolute Gasteiger partial charge is 0.297 e. The molecular weight excluding hydrogens is 338 g/mol. The van der Waals surface area contributed by atoms with Gasteiger partial charge in [0.2, 0.25) is 0 Å². The molecular formula is C12H9BrClFN2O2. The van der Waals surface area contributed by atoms with E-state index in [-0.39, 0.29) is 15.2 Å². The zero-order chi connectivity index (χ0) is 14.3. The molecule has 0 radical (unpaired) electrons. The van der Waals surface area contributed by atoms with E-state index < -0.39 is 17.1 Å². The zero-order valence-corrected chi connectivity index (χ0v) is 12.4. The van der Waals surface area contributed by atoms with Gasteiger partial charge in [-0.1, -0.05) is 11.6 Å². The number of hydrogen-bond acceptors (Lipinski definition) is 2. The first-order valence-corrected chi connectivity index (χ1v) is 6.47. The largest absolute Gasteiger partial charge is 0.334 e. The highest BCUT2D eigenvalue weighted by Gasteiger charge is 2.14. The lowest BCUT2D eigenvalue weighted by Gasteiger charge is -2.10. The maximum atomic E-state index is 13.4. The van der Waals surface area contributed by atoms with Gasteiger partial charge in [-0.3, -0.25) is 9.78 Å². The van der Waals surface area contributed by atoms with Gasteiger partial charge in [0, 0.05) is 0 Å². The maximum Gasteiger partial charge on any atom is 0.334 e. The van der Waals surface area contributed by atoms with Gasteiger partial charge in [-0.15, -0.1) is 0 Å². The molecule has 0 saturated carbocycles. The van der Waals surface area contributed by atoms with Crippen molar-refractivity contribution in [3.8, 4) is 5.69 Å². The quantitative estimate of drug-likeness (QED) is 0.807. The van der Waals surface area contributed by atoms with Crippen molar-refractivity contribution in [2.45, 2.75) is 13.8 Å². The molecule has 0 bridgehead atoms. The molecule has 0 saturated heterocycles. The van der Waals surface area contributed by atoms with Crippen LogP contribution in [-0.2, 0) is 0 Å². The van der Waals surface area contributed by atoms with Crippen LogP contribution in [-0.4, -0.2) is 9.55 Å². The van der Waals surface area contributed by atoms with E-state index in [2.05, 4.69) is 20.9 Å². The van der Waals surface area contributed by atoms with Crippen LogP contribution in [0.3, 0.4) is 0 Å². The van der Waals surface area contributed by atoms with E-state index in [1.807, 2.05) is 0 Å². The standard InChI is InChI=1S/C12H9BrClFN2O2/c1-5-3-8(15)7(13)4-9(5)17-11(18)6(2)10(14)16-12(17)19/h3-4H,1-2H3,(H,16,19). The van der Waals surface area contributed by atoms with Crippen molar-refractivity contribution in [1.29, 1.82) is 0 Å². The molecule has 2 rings (SSSR count). The fraction of sp³-hybridized carbons (Fsp3) is 0.167. The normalized spacial score (nSPS) is 10.8. The van der Waals surface area contributed by atoms with Crippen molar-refractivity contribution in [3.05, 3.63) is 59.5 Å². The van der Waals surface area contributed by atoms with Crippen molar-refractivity contribution in [2.75, 3.05) is 0 Å². The van der Waals surface area contributed by atoms with Crippen LogP contribution in [0.15, 0.2) is 26.2 Å². The van der Waals surface area contributed by atoms with Gasteiger partial charge < -0.3 is 0 Å². The van der Waals surface area contributed by atoms with E-state index in [1.54, 1.807) is 6.92 Å². The molecule has 0 fully saturated rings. The molecule has 0 spiro atoms. The van der Waals surface area contributed by atoms with Crippen molar-refractivity contribution < 1.29 is 4.39 Å². The Labute approximate surface area is 121 Å². The molecule has 19 heavy (non-hydrogen) atoms. The van der Waals surface area contributed by atoms with Gasteiger partial charge >= 0.3 is 5.69 Å². The Morgan fingerprint density at radius 3 is 2.58 bits per heavy atom. The molecule has 100 valence electrons. The number of H-pyrrole nitrogens is 1. The average molecular weight is 348 g/mol. The van der Waals surface area contributed by atoms with Gasteiger partial charge in [-0.2, -0.15) is 0 Å². The Morgan fingerprint density at radius 2 is 1.95 bits per heavy atom. The van der Waals surface area contributed by atoms with Gasteiger partial charge in [-0.25, -0.2) is 13.8 Å². The third kappa shape index (κ3) is 2.37. The SMILES string of the molecule is Cc1cc(F)c(Br)cc1-n1c(=O)[nH]c(Cl)c(C)c1=O. The van der Waals surface area contributed by atoms with Crippen LogP contribution in [0.1, 0.15) is 11.1 Å². The maximum absolute atomic E-state index is 13.4. The molecule has 0 unspecified atom stereocenters. The van der Waals surface area contributed by atoms with Gasteiger partial charge in [0.15, 0.2) is 0 Å². The third-order valence-electron chi connectivity index (χ3n) is 2.75. The van der Waals surface area contributed by atoms with Crippen molar-refractivity contribution in [3.63, 3.8) is 0 Å². The molecule has 1 N–H and O–H groups in total. The molecule has 0 aliphatic heterocycles. The molecule has 0 amide bonds. The summed E-state index contributed by atoms with van der Waals surface area (Å²) in [7, 11) is 0. The minimum atomic E-state index is -0.665. The van der Waals surface area contributed by atoms with E-state index in [0.29, 0.717) is 11.3 Å². The number of aryl methyl sites for hydroxylation is 1. The van der Waals surface area contributed by atoms with E-state index in [4.69, 9.17) is 11.6 Å². The molecule has 1 aromatic carbocycles. The molecule has 0 aliphatic carbocycles. The fourth-order valence-corrected chi connectivity index (χ4v) is 2.19. The summed E-state index contributed by atoms with van der Waals surface area (Å²) >= 11 is 8.77. The fourth-order valence-electron chi connectivity index (χ4n) is 1.69. The second-order valence-electron chi connectivity index (χ2n) is 4.06. The van der Waals surface area contributed by atoms with E-state index in [9.17, 15) is 14.0 Å². The first-order valence-electron chi connectivity index (χ1n) is 5.30. The van der Waals surface area contributed by atoms with Gasteiger partial charge in [-0.05, 0) is 47.5 Å². The molecule has 0 aliphatic rings. The van der Waals surface area contributed by atoms with Crippen molar-refractivity contribution in [2.24, 2.45) is 0 Å². The van der Waals surface area contributed by atoms with Gasteiger partial charge in [0.1, 0.15) is 11.0 Å². The van der Waals surface area contributed by atoms with Gasteiger partial charge in [0.25, 0.3) is 5.56 Å². The summed E-state index contributed by atoms with van der Waals surface area (Å²) in [4.78, 5) is 26.4. The van der Waals surface area contributed by atoms with Crippen LogP contribution in [0.4, 0.5) is 4.39 Å². The predicted octanol–water partition coefficient (Wildman–Crippen LogP) is 2.70. The number of nitrogens with zero attached hydrogens (tertiary/aromatic N) is 1. The third-order valence-corrected chi connectivity index (χ3v) is 3.74. The summed E-state index contributed by atoms with van der Waals surface area (Å²) in [6, 6.07) is 2.63. The van der Waals surface area contributed by atoms with Crippen LogP contribution in [0.2, 0.25) is 5.15 Å². The summed E-state index contributed by atoms with van der Waals surface area (Å²) < 4.78 is 14.5. The Hall–Kier alpha value is -1.40. The minimum Gasteiger partial charge on any atom is -0.297 e. The summed E-state index contributed by atoms with van der Waals surface area (Å²) in [6.45, 7) is 3.12. The summed E-state index contributed by atoms with van der Waals surface area (Å²) in [5.74, 6) is -0.462. The lowest BCUT2D eigenvalue weighted by molar-refractivity contribution is 0.619. The van der Waals surface area contributed by atoms with E-state index in [1.165, 1.54) is 19.1 Å². The molecule has 1 heterocycles. The van der Waals surface area contributed by atoms with Crippen molar-refractivity contribution >= 4 is 27.5 Å². The number of aromatic nitrogens is 2. The highest BCUT2D eigenvalue weighted by Crippen LogP contribution is 2.22. The molecule has 0 atom stereocenters. The first kappa shape index (κ1) is 14.0. The number of rotatable bonds is 1. The number of nitrogens with one attached hydrogen (secondary N) is 1.